The maximum absolute atomic E-state index is 12.1. The molecule has 5 heteroatoms. The Labute approximate surface area is 102 Å². The summed E-state index contributed by atoms with van der Waals surface area (Å²) in [6, 6.07) is 0.134. The molecule has 0 aliphatic carbocycles. The normalized spacial score (nSPS) is 13.1. The highest BCUT2D eigenvalue weighted by molar-refractivity contribution is 9.09. The number of halogens is 1. The van der Waals surface area contributed by atoms with Crippen molar-refractivity contribution in [1.29, 1.82) is 0 Å². The van der Waals surface area contributed by atoms with Crippen molar-refractivity contribution in [3.63, 3.8) is 0 Å². The molecule has 92 valence electrons. The molecule has 0 atom stereocenters. The summed E-state index contributed by atoms with van der Waals surface area (Å²) >= 11 is 3.31. The summed E-state index contributed by atoms with van der Waals surface area (Å²) in [6.07, 6.45) is 1.74. The molecule has 3 nitrogen and oxygen atoms in total. The average molecular weight is 300 g/mol. The van der Waals surface area contributed by atoms with E-state index in [1.54, 1.807) is 18.2 Å². The van der Waals surface area contributed by atoms with Crippen LogP contribution in [0.5, 0.6) is 0 Å². The smallest absolute Gasteiger partial charge is 0.212 e. The number of rotatable bonds is 7. The van der Waals surface area contributed by atoms with Crippen molar-refractivity contribution < 1.29 is 8.42 Å². The van der Waals surface area contributed by atoms with Gasteiger partial charge in [0.15, 0.2) is 0 Å². The first-order valence-electron chi connectivity index (χ1n) is 5.48. The van der Waals surface area contributed by atoms with E-state index < -0.39 is 10.0 Å². The quantitative estimate of drug-likeness (QED) is 0.678. The Morgan fingerprint density at radius 1 is 1.20 bits per heavy atom. The van der Waals surface area contributed by atoms with Crippen molar-refractivity contribution in [2.24, 2.45) is 0 Å². The monoisotopic (exact) mass is 299 g/mol. The van der Waals surface area contributed by atoms with E-state index in [1.807, 2.05) is 13.8 Å². The zero-order valence-electron chi connectivity index (χ0n) is 10.0. The Hall–Kier alpha value is 0.390. The third-order valence-electron chi connectivity index (χ3n) is 2.58. The SMILES string of the molecule is CCC(CC)N(CCBr)S(=O)(=O)C(C)C. The van der Waals surface area contributed by atoms with Crippen molar-refractivity contribution in [1.82, 2.24) is 4.31 Å². The second kappa shape index (κ2) is 6.86. The third kappa shape index (κ3) is 4.04. The molecule has 0 bridgehead atoms. The minimum atomic E-state index is -3.12. The van der Waals surface area contributed by atoms with Gasteiger partial charge in [0.05, 0.1) is 5.25 Å². The number of alkyl halides is 1. The summed E-state index contributed by atoms with van der Waals surface area (Å²) in [4.78, 5) is 0. The van der Waals surface area contributed by atoms with E-state index in [0.717, 1.165) is 12.8 Å². The fourth-order valence-electron chi connectivity index (χ4n) is 1.57. The minimum absolute atomic E-state index is 0.134. The van der Waals surface area contributed by atoms with Gasteiger partial charge in [0, 0.05) is 17.9 Å². The highest BCUT2D eigenvalue weighted by Gasteiger charge is 2.29. The Morgan fingerprint density at radius 3 is 1.93 bits per heavy atom. The molecule has 15 heavy (non-hydrogen) atoms. The zero-order chi connectivity index (χ0) is 12.1. The molecule has 0 saturated carbocycles. The highest BCUT2D eigenvalue weighted by atomic mass is 79.9. The summed E-state index contributed by atoms with van der Waals surface area (Å²) in [5.41, 5.74) is 0. The van der Waals surface area contributed by atoms with Gasteiger partial charge in [-0.3, -0.25) is 0 Å². The van der Waals surface area contributed by atoms with E-state index in [2.05, 4.69) is 15.9 Å². The van der Waals surface area contributed by atoms with Gasteiger partial charge in [0.2, 0.25) is 10.0 Å². The predicted molar refractivity (Wildman–Crippen MR) is 68.9 cm³/mol. The first-order valence-corrected chi connectivity index (χ1v) is 8.10. The summed E-state index contributed by atoms with van der Waals surface area (Å²) < 4.78 is 25.8. The maximum atomic E-state index is 12.1. The molecule has 0 saturated heterocycles. The van der Waals surface area contributed by atoms with Crippen LogP contribution in [0.2, 0.25) is 0 Å². The largest absolute Gasteiger partial charge is 0.216 e. The van der Waals surface area contributed by atoms with E-state index in [0.29, 0.717) is 11.9 Å². The lowest BCUT2D eigenvalue weighted by molar-refractivity contribution is 0.315. The third-order valence-corrected chi connectivity index (χ3v) is 5.26. The molecule has 0 aromatic heterocycles. The van der Waals surface area contributed by atoms with Crippen LogP contribution < -0.4 is 0 Å². The van der Waals surface area contributed by atoms with Crippen molar-refractivity contribution in [3.05, 3.63) is 0 Å². The summed E-state index contributed by atoms with van der Waals surface area (Å²) in [7, 11) is -3.12. The van der Waals surface area contributed by atoms with Crippen molar-refractivity contribution in [3.8, 4) is 0 Å². The lowest BCUT2D eigenvalue weighted by Crippen LogP contribution is -2.44. The van der Waals surface area contributed by atoms with Crippen LogP contribution in [0.25, 0.3) is 0 Å². The van der Waals surface area contributed by atoms with Gasteiger partial charge in [0.25, 0.3) is 0 Å². The van der Waals surface area contributed by atoms with Crippen LogP contribution in [0.3, 0.4) is 0 Å². The van der Waals surface area contributed by atoms with Gasteiger partial charge in [-0.15, -0.1) is 0 Å². The van der Waals surface area contributed by atoms with Crippen molar-refractivity contribution in [2.75, 3.05) is 11.9 Å². The van der Waals surface area contributed by atoms with Crippen LogP contribution in [-0.4, -0.2) is 35.9 Å². The van der Waals surface area contributed by atoms with Crippen molar-refractivity contribution >= 4 is 26.0 Å². The molecule has 0 aliphatic rings. The average Bonchev–Trinajstić information content (AvgIpc) is 2.18. The molecule has 0 aromatic rings. The minimum Gasteiger partial charge on any atom is -0.212 e. The number of hydrogen-bond acceptors (Lipinski definition) is 2. The van der Waals surface area contributed by atoms with E-state index in [4.69, 9.17) is 0 Å². The molecule has 0 amide bonds. The van der Waals surface area contributed by atoms with Gasteiger partial charge in [-0.2, -0.15) is 4.31 Å². The van der Waals surface area contributed by atoms with E-state index in [9.17, 15) is 8.42 Å². The second-order valence-electron chi connectivity index (χ2n) is 3.86. The van der Waals surface area contributed by atoms with Gasteiger partial charge < -0.3 is 0 Å². The highest BCUT2D eigenvalue weighted by Crippen LogP contribution is 2.17. The molecule has 0 unspecified atom stereocenters. The lowest BCUT2D eigenvalue weighted by Gasteiger charge is -2.30. The molecule has 0 rings (SSSR count). The van der Waals surface area contributed by atoms with Crippen LogP contribution in [0, 0.1) is 0 Å². The predicted octanol–water partition coefficient (Wildman–Crippen LogP) is 2.61. The molecular formula is C10H22BrNO2S. The second-order valence-corrected chi connectivity index (χ2v) is 7.10. The molecule has 0 radical (unpaired) electrons. The Bertz CT molecular complexity index is 261. The van der Waals surface area contributed by atoms with E-state index in [1.165, 1.54) is 0 Å². The molecule has 0 spiro atoms. The standard InChI is InChI=1S/C10H22BrNO2S/c1-5-10(6-2)12(8-7-11)15(13,14)9(3)4/h9-10H,5-8H2,1-4H3. The molecule has 0 aliphatic heterocycles. The van der Waals surface area contributed by atoms with Gasteiger partial charge in [-0.1, -0.05) is 29.8 Å². The van der Waals surface area contributed by atoms with Crippen LogP contribution in [-0.2, 0) is 10.0 Å². The van der Waals surface area contributed by atoms with Crippen LogP contribution in [0.4, 0.5) is 0 Å². The summed E-state index contributed by atoms with van der Waals surface area (Å²) in [6.45, 7) is 8.10. The van der Waals surface area contributed by atoms with Crippen LogP contribution >= 0.6 is 15.9 Å². The first kappa shape index (κ1) is 15.4. The molecule has 0 fully saturated rings. The fraction of sp³-hybridized carbons (Fsp3) is 1.00. The van der Waals surface area contributed by atoms with Gasteiger partial charge in [0.1, 0.15) is 0 Å². The molecule has 0 N–H and O–H groups in total. The van der Waals surface area contributed by atoms with E-state index >= 15 is 0 Å². The van der Waals surface area contributed by atoms with Gasteiger partial charge in [-0.05, 0) is 26.7 Å². The maximum Gasteiger partial charge on any atom is 0.216 e. The van der Waals surface area contributed by atoms with Gasteiger partial charge in [-0.25, -0.2) is 8.42 Å². The Balaban J connectivity index is 4.95. The molecule has 0 heterocycles. The van der Waals surface area contributed by atoms with Crippen LogP contribution in [0.15, 0.2) is 0 Å². The van der Waals surface area contributed by atoms with Gasteiger partial charge >= 0.3 is 0 Å². The first-order chi connectivity index (χ1) is 6.91. The Kier molecular flexibility index (Phi) is 7.04. The lowest BCUT2D eigenvalue weighted by atomic mass is 10.2. The topological polar surface area (TPSA) is 37.4 Å². The Morgan fingerprint density at radius 2 is 1.67 bits per heavy atom. The number of sulfonamides is 1. The summed E-state index contributed by atoms with van der Waals surface area (Å²) in [5.74, 6) is 0. The zero-order valence-corrected chi connectivity index (χ0v) is 12.4. The van der Waals surface area contributed by atoms with E-state index in [-0.39, 0.29) is 11.3 Å². The van der Waals surface area contributed by atoms with Crippen LogP contribution in [0.1, 0.15) is 40.5 Å². The number of nitrogens with zero attached hydrogens (tertiary/aromatic N) is 1. The molecule has 0 aromatic carbocycles. The van der Waals surface area contributed by atoms with Crippen molar-refractivity contribution in [2.45, 2.75) is 51.8 Å². The fourth-order valence-corrected chi connectivity index (χ4v) is 3.79. The summed E-state index contributed by atoms with van der Waals surface area (Å²) in [5, 5.41) is 0.354. The number of hydrogen-bond donors (Lipinski definition) is 0. The molecular weight excluding hydrogens is 278 g/mol.